The molecule has 0 aliphatic heterocycles. The molecule has 0 spiro atoms. The fourth-order valence-electron chi connectivity index (χ4n) is 1.22. The number of rotatable bonds is 5. The number of aryl methyl sites for hydroxylation is 1. The molecule has 0 radical (unpaired) electrons. The normalized spacial score (nSPS) is 10.8. The van der Waals surface area contributed by atoms with Crippen LogP contribution >= 0.6 is 11.3 Å². The number of nitrogens with zero attached hydrogens (tertiary/aromatic N) is 1. The average Bonchev–Trinajstić information content (AvgIpc) is 2.60. The second-order valence-corrected chi connectivity index (χ2v) is 5.14. The number of amides is 1. The van der Waals surface area contributed by atoms with Crippen molar-refractivity contribution in [3.63, 3.8) is 0 Å². The lowest BCUT2D eigenvalue weighted by Gasteiger charge is -2.17. The summed E-state index contributed by atoms with van der Waals surface area (Å²) >= 11 is 1.68. The Balaban J connectivity index is 2.43. The molecule has 3 nitrogen and oxygen atoms in total. The number of ether oxygens (including phenoxy) is 1. The Bertz CT molecular complexity index is 347. The molecule has 1 amide bonds. The van der Waals surface area contributed by atoms with Crippen molar-refractivity contribution < 1.29 is 9.53 Å². The van der Waals surface area contributed by atoms with Crippen LogP contribution < -0.4 is 0 Å². The van der Waals surface area contributed by atoms with Gasteiger partial charge in [-0.1, -0.05) is 0 Å². The third kappa shape index (κ3) is 3.94. The summed E-state index contributed by atoms with van der Waals surface area (Å²) in [5.41, 5.74) is 1.24. The quantitative estimate of drug-likeness (QED) is 0.792. The van der Waals surface area contributed by atoms with Crippen molar-refractivity contribution in [2.45, 2.75) is 33.4 Å². The first kappa shape index (κ1) is 13.2. The van der Waals surface area contributed by atoms with Gasteiger partial charge in [0.15, 0.2) is 0 Å². The van der Waals surface area contributed by atoms with E-state index in [0.29, 0.717) is 6.54 Å². The van der Waals surface area contributed by atoms with E-state index in [-0.39, 0.29) is 18.6 Å². The van der Waals surface area contributed by atoms with Gasteiger partial charge in [-0.05, 0) is 37.8 Å². The summed E-state index contributed by atoms with van der Waals surface area (Å²) in [6.07, 6.45) is 0.0980. The number of likely N-dealkylation sites (N-methyl/N-ethyl adjacent to an activating group) is 1. The van der Waals surface area contributed by atoms with Crippen LogP contribution in [0.2, 0.25) is 0 Å². The van der Waals surface area contributed by atoms with Gasteiger partial charge in [0.2, 0.25) is 5.91 Å². The van der Waals surface area contributed by atoms with Crippen LogP contribution in [-0.4, -0.2) is 30.6 Å². The van der Waals surface area contributed by atoms with Crippen molar-refractivity contribution >= 4 is 17.2 Å². The van der Waals surface area contributed by atoms with Crippen LogP contribution in [0.4, 0.5) is 0 Å². The molecule has 0 saturated heterocycles. The standard InChI is InChI=1S/C12H19NO2S/c1-9(2)15-8-12(14)13(4)7-11-10(3)5-6-16-11/h5-6,9H,7-8H2,1-4H3. The summed E-state index contributed by atoms with van der Waals surface area (Å²) in [7, 11) is 1.81. The van der Waals surface area contributed by atoms with Crippen LogP contribution in [-0.2, 0) is 16.1 Å². The minimum absolute atomic E-state index is 0.0292. The van der Waals surface area contributed by atoms with E-state index in [4.69, 9.17) is 4.74 Å². The van der Waals surface area contributed by atoms with E-state index < -0.39 is 0 Å². The zero-order valence-electron chi connectivity index (χ0n) is 10.3. The van der Waals surface area contributed by atoms with Crippen molar-refractivity contribution in [1.82, 2.24) is 4.90 Å². The minimum Gasteiger partial charge on any atom is -0.369 e. The first-order chi connectivity index (χ1) is 7.50. The van der Waals surface area contributed by atoms with Crippen molar-refractivity contribution in [2.24, 2.45) is 0 Å². The molecule has 0 aromatic carbocycles. The van der Waals surface area contributed by atoms with Gasteiger partial charge in [0.1, 0.15) is 6.61 Å². The number of carbonyl (C=O) groups excluding carboxylic acids is 1. The summed E-state index contributed by atoms with van der Waals surface area (Å²) in [6.45, 7) is 6.75. The Morgan fingerprint density at radius 2 is 2.25 bits per heavy atom. The van der Waals surface area contributed by atoms with Gasteiger partial charge in [-0.2, -0.15) is 0 Å². The Labute approximate surface area is 101 Å². The Hall–Kier alpha value is -0.870. The second-order valence-electron chi connectivity index (χ2n) is 4.14. The highest BCUT2D eigenvalue weighted by Gasteiger charge is 2.11. The zero-order valence-corrected chi connectivity index (χ0v) is 11.1. The van der Waals surface area contributed by atoms with Crippen LogP contribution in [0.1, 0.15) is 24.3 Å². The minimum atomic E-state index is 0.0292. The Morgan fingerprint density at radius 3 is 2.75 bits per heavy atom. The summed E-state index contributed by atoms with van der Waals surface area (Å²) in [5.74, 6) is 0.0292. The topological polar surface area (TPSA) is 29.5 Å². The van der Waals surface area contributed by atoms with Gasteiger partial charge in [0.25, 0.3) is 0 Å². The van der Waals surface area contributed by atoms with E-state index in [0.717, 1.165) is 0 Å². The lowest BCUT2D eigenvalue weighted by atomic mass is 10.3. The van der Waals surface area contributed by atoms with Gasteiger partial charge in [0.05, 0.1) is 12.6 Å². The summed E-state index contributed by atoms with van der Waals surface area (Å²) in [6, 6.07) is 2.07. The summed E-state index contributed by atoms with van der Waals surface area (Å²) in [4.78, 5) is 14.6. The maximum atomic E-state index is 11.7. The van der Waals surface area contributed by atoms with E-state index >= 15 is 0 Å². The molecular weight excluding hydrogens is 222 g/mol. The molecule has 1 aromatic heterocycles. The Kier molecular flexibility index (Phi) is 4.96. The van der Waals surface area contributed by atoms with Gasteiger partial charge >= 0.3 is 0 Å². The van der Waals surface area contributed by atoms with Crippen molar-refractivity contribution in [2.75, 3.05) is 13.7 Å². The van der Waals surface area contributed by atoms with E-state index in [9.17, 15) is 4.79 Å². The van der Waals surface area contributed by atoms with Crippen LogP contribution in [0.25, 0.3) is 0 Å². The first-order valence-corrected chi connectivity index (χ1v) is 6.27. The molecule has 0 aliphatic carbocycles. The summed E-state index contributed by atoms with van der Waals surface area (Å²) < 4.78 is 5.29. The number of thiophene rings is 1. The largest absolute Gasteiger partial charge is 0.369 e. The fraction of sp³-hybridized carbons (Fsp3) is 0.583. The lowest BCUT2D eigenvalue weighted by molar-refractivity contribution is -0.136. The molecule has 1 heterocycles. The molecule has 4 heteroatoms. The Morgan fingerprint density at radius 1 is 1.56 bits per heavy atom. The maximum Gasteiger partial charge on any atom is 0.248 e. The zero-order chi connectivity index (χ0) is 12.1. The summed E-state index contributed by atoms with van der Waals surface area (Å²) in [5, 5.41) is 2.05. The van der Waals surface area contributed by atoms with Crippen LogP contribution in [0, 0.1) is 6.92 Å². The molecule has 1 rings (SSSR count). The SMILES string of the molecule is Cc1ccsc1CN(C)C(=O)COC(C)C. The van der Waals surface area contributed by atoms with E-state index in [1.54, 1.807) is 16.2 Å². The number of hydrogen-bond donors (Lipinski definition) is 0. The lowest BCUT2D eigenvalue weighted by Crippen LogP contribution is -2.30. The van der Waals surface area contributed by atoms with Crippen LogP contribution in [0.15, 0.2) is 11.4 Å². The van der Waals surface area contributed by atoms with Crippen molar-refractivity contribution in [3.05, 3.63) is 21.9 Å². The van der Waals surface area contributed by atoms with Crippen LogP contribution in [0.3, 0.4) is 0 Å². The van der Waals surface area contributed by atoms with Gasteiger partial charge in [-0.15, -0.1) is 11.3 Å². The monoisotopic (exact) mass is 241 g/mol. The van der Waals surface area contributed by atoms with Crippen molar-refractivity contribution in [1.29, 1.82) is 0 Å². The number of carbonyl (C=O) groups is 1. The number of hydrogen-bond acceptors (Lipinski definition) is 3. The predicted molar refractivity (Wildman–Crippen MR) is 66.6 cm³/mol. The smallest absolute Gasteiger partial charge is 0.248 e. The molecule has 0 aliphatic rings. The molecule has 0 unspecified atom stereocenters. The van der Waals surface area contributed by atoms with E-state index in [2.05, 4.69) is 13.0 Å². The van der Waals surface area contributed by atoms with Gasteiger partial charge in [-0.3, -0.25) is 4.79 Å². The average molecular weight is 241 g/mol. The van der Waals surface area contributed by atoms with E-state index in [1.165, 1.54) is 10.4 Å². The molecule has 90 valence electrons. The molecule has 1 aromatic rings. The molecule has 16 heavy (non-hydrogen) atoms. The third-order valence-corrected chi connectivity index (χ3v) is 3.32. The molecule has 0 atom stereocenters. The van der Waals surface area contributed by atoms with Gasteiger partial charge in [-0.25, -0.2) is 0 Å². The van der Waals surface area contributed by atoms with E-state index in [1.807, 2.05) is 26.3 Å². The fourth-order valence-corrected chi connectivity index (χ4v) is 2.18. The van der Waals surface area contributed by atoms with Gasteiger partial charge < -0.3 is 9.64 Å². The highest BCUT2D eigenvalue weighted by atomic mass is 32.1. The predicted octanol–water partition coefficient (Wildman–Crippen LogP) is 2.44. The molecule has 0 fully saturated rings. The van der Waals surface area contributed by atoms with Crippen LogP contribution in [0.5, 0.6) is 0 Å². The third-order valence-electron chi connectivity index (χ3n) is 2.31. The molecular formula is C12H19NO2S. The highest BCUT2D eigenvalue weighted by Crippen LogP contribution is 2.17. The first-order valence-electron chi connectivity index (χ1n) is 5.39. The molecule has 0 N–H and O–H groups in total. The maximum absolute atomic E-state index is 11.7. The van der Waals surface area contributed by atoms with Gasteiger partial charge in [0, 0.05) is 11.9 Å². The van der Waals surface area contributed by atoms with Crippen molar-refractivity contribution in [3.8, 4) is 0 Å². The highest BCUT2D eigenvalue weighted by molar-refractivity contribution is 7.10. The molecule has 0 saturated carbocycles. The second kappa shape index (κ2) is 6.01. The molecule has 0 bridgehead atoms.